The van der Waals surface area contributed by atoms with Gasteiger partial charge in [-0.25, -0.2) is 4.99 Å². The van der Waals surface area contributed by atoms with E-state index in [1.54, 1.807) is 11.3 Å². The zero-order valence-electron chi connectivity index (χ0n) is 16.5. The van der Waals surface area contributed by atoms with Gasteiger partial charge < -0.3 is 5.32 Å². The molecule has 1 heterocycles. The summed E-state index contributed by atoms with van der Waals surface area (Å²) in [7, 11) is 0. The fourth-order valence-electron chi connectivity index (χ4n) is 3.35. The third-order valence-electron chi connectivity index (χ3n) is 4.95. The maximum Gasteiger partial charge on any atom is 0.134 e. The first-order valence-electron chi connectivity index (χ1n) is 9.81. The van der Waals surface area contributed by atoms with Gasteiger partial charge in [-0.2, -0.15) is 11.3 Å². The molecule has 0 unspecified atom stereocenters. The van der Waals surface area contributed by atoms with E-state index in [9.17, 15) is 0 Å². The van der Waals surface area contributed by atoms with Gasteiger partial charge in [0.1, 0.15) is 5.84 Å². The molecular formula is C26H24N2S. The molecule has 144 valence electrons. The van der Waals surface area contributed by atoms with E-state index >= 15 is 0 Å². The van der Waals surface area contributed by atoms with Gasteiger partial charge in [-0.3, -0.25) is 0 Å². The summed E-state index contributed by atoms with van der Waals surface area (Å²) in [4.78, 5) is 4.91. The van der Waals surface area contributed by atoms with Crippen LogP contribution in [0.2, 0.25) is 0 Å². The molecule has 29 heavy (non-hydrogen) atoms. The third kappa shape index (κ3) is 5.01. The van der Waals surface area contributed by atoms with Crippen LogP contribution >= 0.6 is 11.3 Å². The quantitative estimate of drug-likeness (QED) is 0.290. The zero-order chi connectivity index (χ0) is 19.9. The maximum atomic E-state index is 4.91. The van der Waals surface area contributed by atoms with E-state index < -0.39 is 0 Å². The first-order chi connectivity index (χ1) is 14.3. The van der Waals surface area contributed by atoms with Gasteiger partial charge in [0, 0.05) is 23.4 Å². The Hall–Kier alpha value is -3.17. The number of thiophene rings is 1. The highest BCUT2D eigenvalue weighted by molar-refractivity contribution is 7.08. The molecule has 0 spiro atoms. The minimum atomic E-state index is 0.249. The Morgan fingerprint density at radius 1 is 0.828 bits per heavy atom. The van der Waals surface area contributed by atoms with E-state index in [2.05, 4.69) is 114 Å². The van der Waals surface area contributed by atoms with E-state index in [1.165, 1.54) is 16.7 Å². The van der Waals surface area contributed by atoms with Crippen LogP contribution in [0, 0.1) is 6.92 Å². The lowest BCUT2D eigenvalue weighted by atomic mass is 9.91. The van der Waals surface area contributed by atoms with Crippen molar-refractivity contribution < 1.29 is 0 Å². The third-order valence-corrected chi connectivity index (χ3v) is 5.63. The molecule has 0 aliphatic carbocycles. The fourth-order valence-corrected chi connectivity index (χ4v) is 3.99. The lowest BCUT2D eigenvalue weighted by Crippen LogP contribution is -2.29. The lowest BCUT2D eigenvalue weighted by molar-refractivity contribution is 0.757. The van der Waals surface area contributed by atoms with Crippen LogP contribution in [0.3, 0.4) is 0 Å². The van der Waals surface area contributed by atoms with Gasteiger partial charge in [-0.05, 0) is 41.6 Å². The number of nitrogens with zero attached hydrogens (tertiary/aromatic N) is 1. The summed E-state index contributed by atoms with van der Waals surface area (Å²) in [5, 5.41) is 7.87. The molecule has 0 atom stereocenters. The maximum absolute atomic E-state index is 4.91. The Labute approximate surface area is 176 Å². The van der Waals surface area contributed by atoms with Crippen LogP contribution in [0.4, 0.5) is 5.69 Å². The Balaban J connectivity index is 1.63. The molecule has 4 aromatic rings. The molecule has 1 N–H and O–H groups in total. The molecule has 0 aliphatic rings. The number of aliphatic imine (C=N–C) groups is 1. The highest BCUT2D eigenvalue weighted by Gasteiger charge is 2.15. The van der Waals surface area contributed by atoms with Gasteiger partial charge >= 0.3 is 0 Å². The molecule has 0 bridgehead atoms. The Bertz CT molecular complexity index is 998. The van der Waals surface area contributed by atoms with E-state index in [0.29, 0.717) is 0 Å². The minimum absolute atomic E-state index is 0.249. The minimum Gasteiger partial charge on any atom is -0.369 e. The van der Waals surface area contributed by atoms with Crippen molar-refractivity contribution in [1.29, 1.82) is 0 Å². The molecule has 4 rings (SSSR count). The summed E-state index contributed by atoms with van der Waals surface area (Å²) in [5.74, 6) is 1.16. The van der Waals surface area contributed by atoms with Crippen molar-refractivity contribution in [2.45, 2.75) is 12.8 Å². The highest BCUT2D eigenvalue weighted by Crippen LogP contribution is 2.24. The van der Waals surface area contributed by atoms with Crippen LogP contribution in [0.25, 0.3) is 0 Å². The Morgan fingerprint density at radius 3 is 2.00 bits per heavy atom. The van der Waals surface area contributed by atoms with E-state index in [1.807, 2.05) is 0 Å². The number of benzene rings is 3. The van der Waals surface area contributed by atoms with Crippen LogP contribution in [-0.4, -0.2) is 12.4 Å². The molecule has 0 amide bonds. The summed E-state index contributed by atoms with van der Waals surface area (Å²) >= 11 is 1.69. The van der Waals surface area contributed by atoms with Crippen molar-refractivity contribution in [3.63, 3.8) is 0 Å². The van der Waals surface area contributed by atoms with Crippen LogP contribution in [0.5, 0.6) is 0 Å². The van der Waals surface area contributed by atoms with Crippen molar-refractivity contribution >= 4 is 22.9 Å². The van der Waals surface area contributed by atoms with Gasteiger partial charge in [-0.15, -0.1) is 0 Å². The van der Waals surface area contributed by atoms with Gasteiger partial charge in [-0.1, -0.05) is 78.4 Å². The van der Waals surface area contributed by atoms with E-state index in [-0.39, 0.29) is 5.92 Å². The SMILES string of the molecule is Cc1ccc(/N=C(\NCC(c2ccccc2)c2ccccc2)c2ccsc2)cc1. The molecule has 0 fully saturated rings. The average molecular weight is 397 g/mol. The smallest absolute Gasteiger partial charge is 0.134 e. The number of hydrogen-bond acceptors (Lipinski definition) is 2. The Kier molecular flexibility index (Phi) is 6.18. The average Bonchev–Trinajstić information content (AvgIpc) is 3.31. The fraction of sp³-hybridized carbons (Fsp3) is 0.115. The topological polar surface area (TPSA) is 24.4 Å². The second-order valence-electron chi connectivity index (χ2n) is 7.06. The summed E-state index contributed by atoms with van der Waals surface area (Å²) in [6.07, 6.45) is 0. The molecule has 0 saturated carbocycles. The molecule has 2 nitrogen and oxygen atoms in total. The molecule has 3 heteroatoms. The normalized spacial score (nSPS) is 11.6. The monoisotopic (exact) mass is 396 g/mol. The van der Waals surface area contributed by atoms with Crippen LogP contribution in [0.15, 0.2) is 107 Å². The van der Waals surface area contributed by atoms with Crippen molar-refractivity contribution in [3.05, 3.63) is 124 Å². The standard InChI is InChI=1S/C26H24N2S/c1-20-12-14-24(15-13-20)28-26(23-16-17-29-19-23)27-18-25(21-8-4-2-5-9-21)22-10-6-3-7-11-22/h2-17,19,25H,18H2,1H3,(H,27,28). The molecule has 0 aliphatic heterocycles. The summed E-state index contributed by atoms with van der Waals surface area (Å²) < 4.78 is 0. The number of hydrogen-bond donors (Lipinski definition) is 1. The number of aryl methyl sites for hydroxylation is 1. The van der Waals surface area contributed by atoms with Crippen molar-refractivity contribution in [1.82, 2.24) is 5.32 Å². The van der Waals surface area contributed by atoms with Gasteiger partial charge in [0.2, 0.25) is 0 Å². The van der Waals surface area contributed by atoms with Gasteiger partial charge in [0.05, 0.1) is 5.69 Å². The molecule has 0 radical (unpaired) electrons. The summed E-state index contributed by atoms with van der Waals surface area (Å²) in [6.45, 7) is 2.87. The van der Waals surface area contributed by atoms with Gasteiger partial charge in [0.15, 0.2) is 0 Å². The first kappa shape index (κ1) is 19.2. The van der Waals surface area contributed by atoms with E-state index in [4.69, 9.17) is 4.99 Å². The lowest BCUT2D eigenvalue weighted by Gasteiger charge is -2.20. The van der Waals surface area contributed by atoms with Crippen molar-refractivity contribution in [2.75, 3.05) is 6.54 Å². The van der Waals surface area contributed by atoms with E-state index in [0.717, 1.165) is 23.6 Å². The highest BCUT2D eigenvalue weighted by atomic mass is 32.1. The van der Waals surface area contributed by atoms with Crippen molar-refractivity contribution in [2.24, 2.45) is 4.99 Å². The second-order valence-corrected chi connectivity index (χ2v) is 7.84. The predicted molar refractivity (Wildman–Crippen MR) is 124 cm³/mol. The molecule has 0 saturated heterocycles. The zero-order valence-corrected chi connectivity index (χ0v) is 17.3. The number of rotatable bonds is 6. The first-order valence-corrected chi connectivity index (χ1v) is 10.8. The van der Waals surface area contributed by atoms with Crippen LogP contribution in [0.1, 0.15) is 28.2 Å². The molecule has 3 aromatic carbocycles. The van der Waals surface area contributed by atoms with Crippen molar-refractivity contribution in [3.8, 4) is 0 Å². The second kappa shape index (κ2) is 9.35. The predicted octanol–water partition coefficient (Wildman–Crippen LogP) is 6.56. The van der Waals surface area contributed by atoms with Crippen LogP contribution in [-0.2, 0) is 0 Å². The molecule has 1 aromatic heterocycles. The number of nitrogens with one attached hydrogen (secondary N) is 1. The number of amidine groups is 1. The summed E-state index contributed by atoms with van der Waals surface area (Å²) in [5.41, 5.74) is 5.91. The largest absolute Gasteiger partial charge is 0.369 e. The summed E-state index contributed by atoms with van der Waals surface area (Å²) in [6, 6.07) is 31.8. The van der Waals surface area contributed by atoms with Gasteiger partial charge in [0.25, 0.3) is 0 Å². The Morgan fingerprint density at radius 2 is 1.45 bits per heavy atom. The molecular weight excluding hydrogens is 372 g/mol. The van der Waals surface area contributed by atoms with Crippen LogP contribution < -0.4 is 5.32 Å².